The van der Waals surface area contributed by atoms with Crippen molar-refractivity contribution in [3.63, 3.8) is 0 Å². The molecule has 0 amide bonds. The number of rotatable bonds is 4. The van der Waals surface area contributed by atoms with Gasteiger partial charge in [-0.05, 0) is 35.9 Å². The maximum absolute atomic E-state index is 10.7. The van der Waals surface area contributed by atoms with Crippen LogP contribution in [0.15, 0.2) is 54.6 Å². The fraction of sp³-hybridized carbons (Fsp3) is 0. The number of nitro groups is 1. The second kappa shape index (κ2) is 7.21. The van der Waals surface area contributed by atoms with Crippen LogP contribution in [0, 0.1) is 32.8 Å². The minimum atomic E-state index is -0.505. The topological polar surface area (TPSA) is 135 Å². The number of nitrogens with zero attached hydrogens (tertiary/aromatic N) is 5. The summed E-state index contributed by atoms with van der Waals surface area (Å²) < 4.78 is 1.40. The molecule has 0 bridgehead atoms. The summed E-state index contributed by atoms with van der Waals surface area (Å²) in [4.78, 5) is 10.2. The minimum Gasteiger partial charge on any atom is -0.382 e. The molecule has 8 nitrogen and oxygen atoms in total. The van der Waals surface area contributed by atoms with Crippen molar-refractivity contribution in [2.24, 2.45) is 0 Å². The van der Waals surface area contributed by atoms with Gasteiger partial charge < -0.3 is 5.73 Å². The summed E-state index contributed by atoms with van der Waals surface area (Å²) in [6.07, 6.45) is 1.50. The zero-order chi connectivity index (χ0) is 19.4. The molecule has 0 aliphatic carbocycles. The summed E-state index contributed by atoms with van der Waals surface area (Å²) in [5.74, 6) is 0.128. The molecule has 1 heterocycles. The van der Waals surface area contributed by atoms with Crippen LogP contribution in [-0.4, -0.2) is 14.7 Å². The Morgan fingerprint density at radius 3 is 2.37 bits per heavy atom. The highest BCUT2D eigenvalue weighted by Gasteiger charge is 2.20. The van der Waals surface area contributed by atoms with Crippen molar-refractivity contribution in [1.82, 2.24) is 9.78 Å². The molecule has 3 rings (SSSR count). The molecule has 0 aliphatic rings. The van der Waals surface area contributed by atoms with E-state index in [2.05, 4.69) is 5.10 Å². The predicted molar refractivity (Wildman–Crippen MR) is 99.3 cm³/mol. The number of para-hydroxylation sites is 1. The quantitative estimate of drug-likeness (QED) is 0.433. The average molecular weight is 356 g/mol. The highest BCUT2D eigenvalue weighted by molar-refractivity contribution is 5.91. The van der Waals surface area contributed by atoms with Gasteiger partial charge in [0.15, 0.2) is 0 Å². The fourth-order valence-electron chi connectivity index (χ4n) is 2.51. The number of non-ortho nitro benzene ring substituents is 1. The molecule has 0 radical (unpaired) electrons. The van der Waals surface area contributed by atoms with Crippen molar-refractivity contribution >= 4 is 23.2 Å². The Morgan fingerprint density at radius 2 is 1.81 bits per heavy atom. The predicted octanol–water partition coefficient (Wildman–Crippen LogP) is 3.30. The third-order valence-corrected chi connectivity index (χ3v) is 3.82. The zero-order valence-corrected chi connectivity index (χ0v) is 13.9. The molecule has 2 aromatic carbocycles. The van der Waals surface area contributed by atoms with Gasteiger partial charge in [-0.2, -0.15) is 15.6 Å². The molecule has 0 aliphatic heterocycles. The van der Waals surface area contributed by atoms with E-state index in [4.69, 9.17) is 5.73 Å². The summed E-state index contributed by atoms with van der Waals surface area (Å²) in [5, 5.41) is 34.1. The first-order chi connectivity index (χ1) is 13.0. The van der Waals surface area contributed by atoms with E-state index in [1.54, 1.807) is 24.3 Å². The number of benzene rings is 2. The highest BCUT2D eigenvalue weighted by atomic mass is 16.6. The first kappa shape index (κ1) is 17.4. The Balaban J connectivity index is 2.09. The van der Waals surface area contributed by atoms with Crippen molar-refractivity contribution < 1.29 is 4.92 Å². The number of aromatic nitrogens is 2. The van der Waals surface area contributed by atoms with Crippen molar-refractivity contribution in [2.45, 2.75) is 0 Å². The van der Waals surface area contributed by atoms with Crippen LogP contribution in [-0.2, 0) is 0 Å². The van der Waals surface area contributed by atoms with Gasteiger partial charge in [0, 0.05) is 12.1 Å². The van der Waals surface area contributed by atoms with Crippen LogP contribution in [0.5, 0.6) is 0 Å². The first-order valence-corrected chi connectivity index (χ1v) is 7.75. The number of nitro benzene ring substituents is 1. The van der Waals surface area contributed by atoms with Crippen LogP contribution in [0.4, 0.5) is 11.5 Å². The molecule has 1 aromatic heterocycles. The number of hydrogen-bond donors (Lipinski definition) is 1. The van der Waals surface area contributed by atoms with Gasteiger partial charge >= 0.3 is 0 Å². The summed E-state index contributed by atoms with van der Waals surface area (Å²) in [6, 6.07) is 18.7. The Bertz CT molecular complexity index is 1120. The largest absolute Gasteiger partial charge is 0.382 e. The maximum atomic E-state index is 10.7. The van der Waals surface area contributed by atoms with Gasteiger partial charge in [-0.25, -0.2) is 4.68 Å². The Kier molecular flexibility index (Phi) is 4.65. The molecule has 0 saturated carbocycles. The van der Waals surface area contributed by atoms with Gasteiger partial charge in [-0.1, -0.05) is 18.2 Å². The van der Waals surface area contributed by atoms with Crippen molar-refractivity contribution in [1.29, 1.82) is 10.5 Å². The van der Waals surface area contributed by atoms with Crippen molar-refractivity contribution in [3.8, 4) is 17.8 Å². The number of allylic oxidation sites excluding steroid dienone is 1. The van der Waals surface area contributed by atoms with Gasteiger partial charge in [0.2, 0.25) is 0 Å². The van der Waals surface area contributed by atoms with E-state index in [1.165, 1.54) is 35.0 Å². The molecule has 27 heavy (non-hydrogen) atoms. The lowest BCUT2D eigenvalue weighted by molar-refractivity contribution is -0.384. The molecule has 0 saturated heterocycles. The standard InChI is InChI=1S/C19H12N6O2/c20-11-14(10-13-6-8-16(9-7-13)25(26)27)18-17(12-21)19(22)24(23-18)15-4-2-1-3-5-15/h1-10H,22H2. The summed E-state index contributed by atoms with van der Waals surface area (Å²) >= 11 is 0. The van der Waals surface area contributed by atoms with Gasteiger partial charge in [-0.15, -0.1) is 0 Å². The number of hydrogen-bond acceptors (Lipinski definition) is 6. The molecule has 0 unspecified atom stereocenters. The number of anilines is 1. The molecule has 130 valence electrons. The lowest BCUT2D eigenvalue weighted by Gasteiger charge is -2.02. The van der Waals surface area contributed by atoms with E-state index >= 15 is 0 Å². The monoisotopic (exact) mass is 356 g/mol. The van der Waals surface area contributed by atoms with Crippen LogP contribution in [0.25, 0.3) is 17.3 Å². The highest BCUT2D eigenvalue weighted by Crippen LogP contribution is 2.27. The molecule has 8 heteroatoms. The molecular formula is C19H12N6O2. The molecule has 2 N–H and O–H groups in total. The smallest absolute Gasteiger partial charge is 0.269 e. The number of nitrogen functional groups attached to an aromatic ring is 1. The van der Waals surface area contributed by atoms with Gasteiger partial charge in [0.1, 0.15) is 29.2 Å². The molecule has 3 aromatic rings. The molecular weight excluding hydrogens is 344 g/mol. The normalized spacial score (nSPS) is 10.8. The third kappa shape index (κ3) is 3.36. The molecule has 0 atom stereocenters. The lowest BCUT2D eigenvalue weighted by Crippen LogP contribution is -2.02. The van der Waals surface area contributed by atoms with Crippen LogP contribution >= 0.6 is 0 Å². The van der Waals surface area contributed by atoms with Gasteiger partial charge in [-0.3, -0.25) is 10.1 Å². The number of nitrogens with two attached hydrogens (primary N) is 1. The van der Waals surface area contributed by atoms with Crippen LogP contribution < -0.4 is 5.73 Å². The molecule has 0 spiro atoms. The Morgan fingerprint density at radius 1 is 1.15 bits per heavy atom. The summed E-state index contributed by atoms with van der Waals surface area (Å²) in [7, 11) is 0. The Hall–Kier alpha value is -4.43. The van der Waals surface area contributed by atoms with E-state index in [1.807, 2.05) is 18.2 Å². The van der Waals surface area contributed by atoms with Gasteiger partial charge in [0.25, 0.3) is 5.69 Å². The van der Waals surface area contributed by atoms with E-state index < -0.39 is 4.92 Å². The fourth-order valence-corrected chi connectivity index (χ4v) is 2.51. The SMILES string of the molecule is N#CC(=Cc1ccc([N+](=O)[O-])cc1)c1nn(-c2ccccc2)c(N)c1C#N. The lowest BCUT2D eigenvalue weighted by atomic mass is 10.1. The van der Waals surface area contributed by atoms with Crippen molar-refractivity contribution in [2.75, 3.05) is 5.73 Å². The van der Waals surface area contributed by atoms with E-state index in [0.717, 1.165) is 0 Å². The van der Waals surface area contributed by atoms with Crippen molar-refractivity contribution in [3.05, 3.63) is 81.5 Å². The maximum Gasteiger partial charge on any atom is 0.269 e. The summed E-state index contributed by atoms with van der Waals surface area (Å²) in [6.45, 7) is 0. The zero-order valence-electron chi connectivity index (χ0n) is 13.9. The second-order valence-corrected chi connectivity index (χ2v) is 5.49. The average Bonchev–Trinajstić information content (AvgIpc) is 3.03. The van der Waals surface area contributed by atoms with Crippen LogP contribution in [0.2, 0.25) is 0 Å². The van der Waals surface area contributed by atoms with Crippen LogP contribution in [0.3, 0.4) is 0 Å². The minimum absolute atomic E-state index is 0.0547. The summed E-state index contributed by atoms with van der Waals surface area (Å²) in [5.41, 5.74) is 7.59. The first-order valence-electron chi connectivity index (χ1n) is 7.75. The Labute approximate surface area is 154 Å². The van der Waals surface area contributed by atoms with E-state index in [9.17, 15) is 20.6 Å². The van der Waals surface area contributed by atoms with Gasteiger partial charge in [0.05, 0.1) is 16.2 Å². The number of nitriles is 2. The molecule has 0 fully saturated rings. The second-order valence-electron chi connectivity index (χ2n) is 5.49. The van der Waals surface area contributed by atoms with Crippen LogP contribution in [0.1, 0.15) is 16.8 Å². The van der Waals surface area contributed by atoms with E-state index in [0.29, 0.717) is 11.3 Å². The van der Waals surface area contributed by atoms with E-state index in [-0.39, 0.29) is 28.3 Å². The third-order valence-electron chi connectivity index (χ3n) is 3.82.